The van der Waals surface area contributed by atoms with Crippen molar-refractivity contribution in [2.24, 2.45) is 46.3 Å². The Balaban J connectivity index is 1.29. The zero-order chi connectivity index (χ0) is 30.1. The molecule has 238 valence electrons. The Morgan fingerprint density at radius 3 is 2.20 bits per heavy atom. The fourth-order valence-corrected chi connectivity index (χ4v) is 10.7. The number of aliphatic hydroxyl groups is 7. The van der Waals surface area contributed by atoms with Gasteiger partial charge in [0.25, 0.3) is 0 Å². The molecule has 4 saturated carbocycles. The zero-order valence-corrected chi connectivity index (χ0v) is 25.6. The van der Waals surface area contributed by atoms with E-state index in [4.69, 9.17) is 9.47 Å². The van der Waals surface area contributed by atoms with Crippen molar-refractivity contribution in [2.45, 2.75) is 147 Å². The molecule has 41 heavy (non-hydrogen) atoms. The largest absolute Gasteiger partial charge is 0.393 e. The molecule has 9 nitrogen and oxygen atoms in total. The predicted molar refractivity (Wildman–Crippen MR) is 151 cm³/mol. The average molecular weight is 585 g/mol. The number of aliphatic hydroxyl groups excluding tert-OH is 6. The fraction of sp³-hybridized carbons (Fsp3) is 1.00. The van der Waals surface area contributed by atoms with Crippen LogP contribution in [0, 0.1) is 46.3 Å². The van der Waals surface area contributed by atoms with E-state index in [1.807, 2.05) is 0 Å². The first-order chi connectivity index (χ1) is 19.1. The van der Waals surface area contributed by atoms with Crippen LogP contribution >= 0.6 is 0 Å². The van der Waals surface area contributed by atoms with Crippen LogP contribution in [0.4, 0.5) is 0 Å². The lowest BCUT2D eigenvalue weighted by Gasteiger charge is -2.66. The maximum atomic E-state index is 12.5. The van der Waals surface area contributed by atoms with E-state index in [0.29, 0.717) is 25.7 Å². The Morgan fingerprint density at radius 2 is 1.51 bits per heavy atom. The molecule has 0 aromatic carbocycles. The molecule has 1 saturated heterocycles. The van der Waals surface area contributed by atoms with Crippen molar-refractivity contribution >= 4 is 0 Å². The first-order valence-corrected chi connectivity index (χ1v) is 16.2. The molecule has 5 aliphatic rings. The molecule has 0 radical (unpaired) electrons. The molecule has 7 N–H and O–H groups in total. The fourth-order valence-electron chi connectivity index (χ4n) is 10.7. The summed E-state index contributed by atoms with van der Waals surface area (Å²) in [5.41, 5.74) is -1.66. The summed E-state index contributed by atoms with van der Waals surface area (Å²) in [5.74, 6) is 0.240. The lowest BCUT2D eigenvalue weighted by molar-refractivity contribution is -0.287. The summed E-state index contributed by atoms with van der Waals surface area (Å²) in [6.45, 7) is 10.7. The number of ether oxygens (including phenoxy) is 2. The zero-order valence-electron chi connectivity index (χ0n) is 25.6. The van der Waals surface area contributed by atoms with Gasteiger partial charge in [0.1, 0.15) is 18.3 Å². The van der Waals surface area contributed by atoms with Crippen LogP contribution in [0.1, 0.15) is 92.4 Å². The highest BCUT2D eigenvalue weighted by Crippen LogP contribution is 2.69. The molecule has 0 unspecified atom stereocenters. The molecule has 4 aliphatic carbocycles. The number of hydrogen-bond donors (Lipinski definition) is 7. The average Bonchev–Trinajstić information content (AvgIpc) is 3.18. The normalized spacial score (nSPS) is 53.3. The van der Waals surface area contributed by atoms with Gasteiger partial charge in [0.2, 0.25) is 0 Å². The van der Waals surface area contributed by atoms with E-state index in [2.05, 4.69) is 34.6 Å². The van der Waals surface area contributed by atoms with Gasteiger partial charge in [0, 0.05) is 12.3 Å². The van der Waals surface area contributed by atoms with Gasteiger partial charge >= 0.3 is 0 Å². The van der Waals surface area contributed by atoms with Gasteiger partial charge in [0.05, 0.1) is 36.6 Å². The summed E-state index contributed by atoms with van der Waals surface area (Å²) in [7, 11) is 0. The number of fused-ring (bicyclic) bond motifs is 5. The summed E-state index contributed by atoms with van der Waals surface area (Å²) in [4.78, 5) is 0. The van der Waals surface area contributed by atoms with E-state index in [0.717, 1.165) is 25.7 Å². The molecule has 0 amide bonds. The van der Waals surface area contributed by atoms with Gasteiger partial charge in [-0.25, -0.2) is 0 Å². The maximum absolute atomic E-state index is 12.5. The summed E-state index contributed by atoms with van der Waals surface area (Å²) in [6, 6.07) is 0. The highest BCUT2D eigenvalue weighted by Gasteiger charge is 2.70. The van der Waals surface area contributed by atoms with Gasteiger partial charge in [-0.3, -0.25) is 0 Å². The van der Waals surface area contributed by atoms with Crippen molar-refractivity contribution in [3.63, 3.8) is 0 Å². The second kappa shape index (κ2) is 11.5. The molecule has 1 heterocycles. The first-order valence-electron chi connectivity index (χ1n) is 16.2. The monoisotopic (exact) mass is 584 g/mol. The quantitative estimate of drug-likeness (QED) is 0.237. The van der Waals surface area contributed by atoms with E-state index in [1.165, 1.54) is 0 Å². The molecular weight excluding hydrogens is 528 g/mol. The summed E-state index contributed by atoms with van der Waals surface area (Å²) in [6.07, 6.45) is -0.461. The van der Waals surface area contributed by atoms with Crippen LogP contribution in [-0.4, -0.2) is 97.0 Å². The van der Waals surface area contributed by atoms with E-state index in [9.17, 15) is 35.7 Å². The first kappa shape index (κ1) is 32.0. The van der Waals surface area contributed by atoms with Gasteiger partial charge in [0.15, 0.2) is 6.29 Å². The number of rotatable bonds is 7. The maximum Gasteiger partial charge on any atom is 0.186 e. The molecule has 0 bridgehead atoms. The van der Waals surface area contributed by atoms with Crippen LogP contribution < -0.4 is 0 Å². The molecule has 0 aromatic rings. The third-order valence-corrected chi connectivity index (χ3v) is 12.8. The second-order valence-corrected chi connectivity index (χ2v) is 15.5. The Labute approximate surface area is 245 Å². The summed E-state index contributed by atoms with van der Waals surface area (Å²) < 4.78 is 11.6. The van der Waals surface area contributed by atoms with E-state index in [-0.39, 0.29) is 65.5 Å². The van der Waals surface area contributed by atoms with Crippen molar-refractivity contribution in [3.8, 4) is 0 Å². The van der Waals surface area contributed by atoms with Crippen molar-refractivity contribution < 1.29 is 45.2 Å². The summed E-state index contributed by atoms with van der Waals surface area (Å²) >= 11 is 0. The van der Waals surface area contributed by atoms with Crippen LogP contribution in [0.3, 0.4) is 0 Å². The third-order valence-electron chi connectivity index (χ3n) is 12.8. The molecule has 9 heteroatoms. The minimum Gasteiger partial charge on any atom is -0.393 e. The lowest BCUT2D eigenvalue weighted by atomic mass is 9.42. The second-order valence-electron chi connectivity index (χ2n) is 15.5. The molecular formula is C32H56O9. The number of hydrogen-bond acceptors (Lipinski definition) is 9. The van der Waals surface area contributed by atoms with Crippen molar-refractivity contribution in [2.75, 3.05) is 6.61 Å². The minimum atomic E-state index is -1.32. The minimum absolute atomic E-state index is 0.00723. The van der Waals surface area contributed by atoms with E-state index in [1.54, 1.807) is 0 Å². The standard InChI is InChI=1S/C32H56O9/c1-16(2)24(41-29-27(38)26(37)23(36)15-40-29)7-6-17(3)19-13-21(34)28-31(19,5)11-9-25-30(4)10-8-18(33)12-20(30)22(35)14-32(25,28)39/h16-29,33-39H,6-15H2,1-5H3/t17-,18+,19-,20-,21-,22+,23-,24+,25-,26+,27-,28-,29+,30+,31-,32+/m1/s1. The Kier molecular flexibility index (Phi) is 9.01. The predicted octanol–water partition coefficient (Wildman–Crippen LogP) is 1.96. The highest BCUT2D eigenvalue weighted by molar-refractivity contribution is 5.20. The van der Waals surface area contributed by atoms with Crippen LogP contribution in [0.15, 0.2) is 0 Å². The Morgan fingerprint density at radius 1 is 0.829 bits per heavy atom. The SMILES string of the molecule is CC(C)[C@H](CC[C@@H](C)[C@H]1C[C@@H](O)[C@@H]2[C@]1(C)CC[C@@H]1[C@@]3(C)CC[C@H](O)C[C@@H]3[C@@H](O)C[C@]12O)O[C@@H]1OC[C@@H](O)[C@H](O)[C@H]1O. The Hall–Kier alpha value is -0.360. The smallest absolute Gasteiger partial charge is 0.186 e. The van der Waals surface area contributed by atoms with Gasteiger partial charge in [-0.05, 0) is 91.8 Å². The van der Waals surface area contributed by atoms with Gasteiger partial charge in [-0.2, -0.15) is 0 Å². The van der Waals surface area contributed by atoms with Crippen LogP contribution in [0.2, 0.25) is 0 Å². The van der Waals surface area contributed by atoms with Gasteiger partial charge in [-0.15, -0.1) is 0 Å². The Bertz CT molecular complexity index is 918. The van der Waals surface area contributed by atoms with Crippen molar-refractivity contribution in [3.05, 3.63) is 0 Å². The van der Waals surface area contributed by atoms with E-state index < -0.39 is 48.5 Å². The van der Waals surface area contributed by atoms with Crippen LogP contribution in [0.5, 0.6) is 0 Å². The van der Waals surface area contributed by atoms with Crippen LogP contribution in [0.25, 0.3) is 0 Å². The molecule has 1 aliphatic heterocycles. The van der Waals surface area contributed by atoms with Crippen molar-refractivity contribution in [1.82, 2.24) is 0 Å². The molecule has 5 rings (SSSR count). The van der Waals surface area contributed by atoms with Gasteiger partial charge < -0.3 is 45.2 Å². The topological polar surface area (TPSA) is 160 Å². The highest BCUT2D eigenvalue weighted by atomic mass is 16.7. The molecule has 5 fully saturated rings. The third kappa shape index (κ3) is 5.33. The van der Waals surface area contributed by atoms with E-state index >= 15 is 0 Å². The van der Waals surface area contributed by atoms with Gasteiger partial charge in [-0.1, -0.05) is 34.6 Å². The molecule has 0 spiro atoms. The summed E-state index contributed by atoms with van der Waals surface area (Å²) in [5, 5.41) is 76.0. The lowest BCUT2D eigenvalue weighted by Crippen LogP contribution is -2.68. The van der Waals surface area contributed by atoms with Crippen LogP contribution in [-0.2, 0) is 9.47 Å². The molecule has 0 aromatic heterocycles. The van der Waals surface area contributed by atoms with Crippen molar-refractivity contribution in [1.29, 1.82) is 0 Å². The molecule has 16 atom stereocenters.